The van der Waals surface area contributed by atoms with Gasteiger partial charge in [-0.15, -0.1) is 0 Å². The van der Waals surface area contributed by atoms with Crippen molar-refractivity contribution in [2.45, 2.75) is 50.7 Å². The molecule has 7 heteroatoms. The Bertz CT molecular complexity index is 880. The topological polar surface area (TPSA) is 61.4 Å². The van der Waals surface area contributed by atoms with Crippen LogP contribution < -0.4 is 10.6 Å². The molecule has 0 radical (unpaired) electrons. The number of urea groups is 1. The van der Waals surface area contributed by atoms with Gasteiger partial charge in [0.2, 0.25) is 5.92 Å². The standard InChI is InChI=1S/C22H23F2N3O2/c23-22(24)11-9-19(10-12-22)25-20(28)15-5-7-18(8-6-15)26-21(29)27-13-16-3-1-2-4-17(16)14-27/h1-8,19H,9-14H2,(H,25,28)(H,26,29). The van der Waals surface area contributed by atoms with Gasteiger partial charge in [0.05, 0.1) is 0 Å². The van der Waals surface area contributed by atoms with E-state index < -0.39 is 5.92 Å². The van der Waals surface area contributed by atoms with Crippen LogP contribution in [-0.4, -0.2) is 28.8 Å². The van der Waals surface area contributed by atoms with Gasteiger partial charge in [-0.1, -0.05) is 24.3 Å². The molecule has 1 aliphatic carbocycles. The summed E-state index contributed by atoms with van der Waals surface area (Å²) >= 11 is 0. The highest BCUT2D eigenvalue weighted by Gasteiger charge is 2.35. The average molecular weight is 399 g/mol. The molecule has 1 fully saturated rings. The molecule has 152 valence electrons. The number of carbonyl (C=O) groups excluding carboxylic acids is 2. The molecular formula is C22H23F2N3O2. The normalized spacial score (nSPS) is 18.2. The zero-order valence-corrected chi connectivity index (χ0v) is 16.0. The van der Waals surface area contributed by atoms with E-state index in [9.17, 15) is 18.4 Å². The Morgan fingerprint density at radius 2 is 1.52 bits per heavy atom. The van der Waals surface area contributed by atoms with Gasteiger partial charge in [-0.05, 0) is 48.2 Å². The molecule has 1 aliphatic heterocycles. The largest absolute Gasteiger partial charge is 0.349 e. The summed E-state index contributed by atoms with van der Waals surface area (Å²) in [7, 11) is 0. The quantitative estimate of drug-likeness (QED) is 0.796. The van der Waals surface area contributed by atoms with Crippen LogP contribution >= 0.6 is 0 Å². The van der Waals surface area contributed by atoms with E-state index in [0.29, 0.717) is 24.3 Å². The third-order valence-corrected chi connectivity index (χ3v) is 5.58. The van der Waals surface area contributed by atoms with Gasteiger partial charge < -0.3 is 15.5 Å². The van der Waals surface area contributed by atoms with E-state index in [1.165, 1.54) is 0 Å². The molecule has 1 saturated carbocycles. The van der Waals surface area contributed by atoms with Crippen LogP contribution in [0.3, 0.4) is 0 Å². The van der Waals surface area contributed by atoms with Gasteiger partial charge in [0.1, 0.15) is 0 Å². The summed E-state index contributed by atoms with van der Waals surface area (Å²) < 4.78 is 26.5. The number of benzene rings is 2. The lowest BCUT2D eigenvalue weighted by Gasteiger charge is -2.28. The number of fused-ring (bicyclic) bond motifs is 1. The van der Waals surface area contributed by atoms with Crippen LogP contribution in [0.15, 0.2) is 48.5 Å². The molecule has 3 amide bonds. The Kier molecular flexibility index (Phi) is 5.22. The number of hydrogen-bond donors (Lipinski definition) is 2. The monoisotopic (exact) mass is 399 g/mol. The molecule has 2 aromatic carbocycles. The fourth-order valence-electron chi connectivity index (χ4n) is 3.84. The second-order valence-electron chi connectivity index (χ2n) is 7.74. The maximum Gasteiger partial charge on any atom is 0.322 e. The molecule has 0 spiro atoms. The van der Waals surface area contributed by atoms with E-state index in [4.69, 9.17) is 0 Å². The molecule has 0 atom stereocenters. The van der Waals surface area contributed by atoms with Crippen molar-refractivity contribution in [2.75, 3.05) is 5.32 Å². The fraction of sp³-hybridized carbons (Fsp3) is 0.364. The summed E-state index contributed by atoms with van der Waals surface area (Å²) in [6.45, 7) is 1.14. The highest BCUT2D eigenvalue weighted by atomic mass is 19.3. The minimum atomic E-state index is -2.61. The number of carbonyl (C=O) groups is 2. The predicted octanol–water partition coefficient (Wildman–Crippen LogP) is 4.54. The lowest BCUT2D eigenvalue weighted by molar-refractivity contribution is -0.0399. The molecule has 0 bridgehead atoms. The molecule has 29 heavy (non-hydrogen) atoms. The van der Waals surface area contributed by atoms with E-state index in [1.54, 1.807) is 29.2 Å². The van der Waals surface area contributed by atoms with Gasteiger partial charge in [0.25, 0.3) is 5.91 Å². The molecule has 0 aromatic heterocycles. The first kappa shape index (κ1) is 19.4. The van der Waals surface area contributed by atoms with Crippen LogP contribution in [0.2, 0.25) is 0 Å². The maximum atomic E-state index is 13.2. The van der Waals surface area contributed by atoms with Gasteiger partial charge in [-0.3, -0.25) is 4.79 Å². The highest BCUT2D eigenvalue weighted by molar-refractivity contribution is 5.95. The van der Waals surface area contributed by atoms with Gasteiger partial charge in [-0.2, -0.15) is 0 Å². The lowest BCUT2D eigenvalue weighted by atomic mass is 9.92. The summed E-state index contributed by atoms with van der Waals surface area (Å²) in [5.74, 6) is -2.90. The number of nitrogens with zero attached hydrogens (tertiary/aromatic N) is 1. The van der Waals surface area contributed by atoms with Crippen molar-refractivity contribution in [3.63, 3.8) is 0 Å². The highest BCUT2D eigenvalue weighted by Crippen LogP contribution is 2.33. The number of amides is 3. The smallest absolute Gasteiger partial charge is 0.322 e. The Labute approximate surface area is 168 Å². The van der Waals surface area contributed by atoms with Crippen molar-refractivity contribution in [2.24, 2.45) is 0 Å². The van der Waals surface area contributed by atoms with Crippen LogP contribution in [0.1, 0.15) is 47.2 Å². The second-order valence-corrected chi connectivity index (χ2v) is 7.74. The van der Waals surface area contributed by atoms with E-state index in [-0.39, 0.29) is 43.7 Å². The molecule has 1 heterocycles. The van der Waals surface area contributed by atoms with Crippen LogP contribution in [0, 0.1) is 0 Å². The SMILES string of the molecule is O=C(NC1CCC(F)(F)CC1)c1ccc(NC(=O)N2Cc3ccccc3C2)cc1. The van der Waals surface area contributed by atoms with Crippen LogP contribution in [0.4, 0.5) is 19.3 Å². The first-order valence-corrected chi connectivity index (χ1v) is 9.81. The van der Waals surface area contributed by atoms with Crippen LogP contribution in [0.25, 0.3) is 0 Å². The zero-order chi connectivity index (χ0) is 20.4. The molecule has 0 saturated heterocycles. The van der Waals surface area contributed by atoms with Gasteiger partial charge >= 0.3 is 6.03 Å². The molecular weight excluding hydrogens is 376 g/mol. The number of hydrogen-bond acceptors (Lipinski definition) is 2. The average Bonchev–Trinajstić information content (AvgIpc) is 3.14. The number of halogens is 2. The number of anilines is 1. The molecule has 2 aromatic rings. The molecule has 0 unspecified atom stereocenters. The molecule has 5 nitrogen and oxygen atoms in total. The van der Waals surface area contributed by atoms with E-state index in [2.05, 4.69) is 10.6 Å². The first-order valence-electron chi connectivity index (χ1n) is 9.81. The van der Waals surface area contributed by atoms with Crippen LogP contribution in [0.5, 0.6) is 0 Å². The van der Waals surface area contributed by atoms with E-state index in [0.717, 1.165) is 11.1 Å². The Morgan fingerprint density at radius 3 is 2.10 bits per heavy atom. The first-order chi connectivity index (χ1) is 13.9. The van der Waals surface area contributed by atoms with Crippen molar-refractivity contribution in [3.8, 4) is 0 Å². The maximum absolute atomic E-state index is 13.2. The van der Waals surface area contributed by atoms with Crippen molar-refractivity contribution in [1.82, 2.24) is 10.2 Å². The molecule has 2 N–H and O–H groups in total. The summed E-state index contributed by atoms with van der Waals surface area (Å²) in [6, 6.07) is 14.1. The Hall–Kier alpha value is -2.96. The number of nitrogens with one attached hydrogen (secondary N) is 2. The lowest BCUT2D eigenvalue weighted by Crippen LogP contribution is -2.40. The fourth-order valence-corrected chi connectivity index (χ4v) is 3.84. The summed E-state index contributed by atoms with van der Waals surface area (Å²) in [4.78, 5) is 26.6. The third-order valence-electron chi connectivity index (χ3n) is 5.58. The second kappa shape index (κ2) is 7.81. The number of alkyl halides is 2. The van der Waals surface area contributed by atoms with Crippen molar-refractivity contribution >= 4 is 17.6 Å². The Morgan fingerprint density at radius 1 is 0.931 bits per heavy atom. The van der Waals surface area contributed by atoms with Crippen LogP contribution in [-0.2, 0) is 13.1 Å². The van der Waals surface area contributed by atoms with Gasteiger partial charge in [-0.25, -0.2) is 13.6 Å². The van der Waals surface area contributed by atoms with Crippen molar-refractivity contribution in [1.29, 1.82) is 0 Å². The summed E-state index contributed by atoms with van der Waals surface area (Å²) in [5.41, 5.74) is 3.33. The van der Waals surface area contributed by atoms with Crippen molar-refractivity contribution in [3.05, 3.63) is 65.2 Å². The zero-order valence-electron chi connectivity index (χ0n) is 16.0. The Balaban J connectivity index is 1.30. The predicted molar refractivity (Wildman–Crippen MR) is 106 cm³/mol. The van der Waals surface area contributed by atoms with Gasteiger partial charge in [0.15, 0.2) is 0 Å². The van der Waals surface area contributed by atoms with E-state index >= 15 is 0 Å². The number of rotatable bonds is 3. The van der Waals surface area contributed by atoms with E-state index in [1.807, 2.05) is 24.3 Å². The minimum absolute atomic E-state index is 0.191. The molecule has 2 aliphatic rings. The minimum Gasteiger partial charge on any atom is -0.349 e. The summed E-state index contributed by atoms with van der Waals surface area (Å²) in [6.07, 6.45) is 0.183. The van der Waals surface area contributed by atoms with Gasteiger partial charge in [0, 0.05) is 43.2 Å². The third kappa shape index (κ3) is 4.55. The summed E-state index contributed by atoms with van der Waals surface area (Å²) in [5, 5.41) is 5.67. The molecule has 4 rings (SSSR count). The van der Waals surface area contributed by atoms with Crippen molar-refractivity contribution < 1.29 is 18.4 Å².